The first-order valence-corrected chi connectivity index (χ1v) is 8.03. The Balaban J connectivity index is 2.12. The molecule has 4 nitrogen and oxygen atoms in total. The highest BCUT2D eigenvalue weighted by molar-refractivity contribution is 5.76. The van der Waals surface area contributed by atoms with Crippen LogP contribution in [-0.4, -0.2) is 47.8 Å². The molecule has 1 N–H and O–H groups in total. The van der Waals surface area contributed by atoms with Gasteiger partial charge in [-0.25, -0.2) is 0 Å². The molecule has 1 aromatic carbocycles. The molecular formula is C18H27NO3. The number of carbonyl (C=O) groups is 1. The van der Waals surface area contributed by atoms with Crippen molar-refractivity contribution in [1.82, 2.24) is 4.90 Å². The lowest BCUT2D eigenvalue weighted by Crippen LogP contribution is -2.57. The summed E-state index contributed by atoms with van der Waals surface area (Å²) < 4.78 is 5.92. The molecule has 1 atom stereocenters. The highest BCUT2D eigenvalue weighted by Crippen LogP contribution is 2.25. The van der Waals surface area contributed by atoms with Crippen LogP contribution < -0.4 is 0 Å². The summed E-state index contributed by atoms with van der Waals surface area (Å²) >= 11 is 0. The number of hydrogen-bond acceptors (Lipinski definition) is 3. The Morgan fingerprint density at radius 3 is 2.77 bits per heavy atom. The van der Waals surface area contributed by atoms with Crippen molar-refractivity contribution in [3.05, 3.63) is 35.4 Å². The van der Waals surface area contributed by atoms with Gasteiger partial charge in [0.2, 0.25) is 5.91 Å². The number of carbonyl (C=O) groups excluding carboxylic acids is 1. The van der Waals surface area contributed by atoms with Crippen LogP contribution in [0.15, 0.2) is 24.3 Å². The third kappa shape index (κ3) is 4.08. The van der Waals surface area contributed by atoms with Gasteiger partial charge in [-0.3, -0.25) is 4.79 Å². The molecule has 2 rings (SSSR count). The van der Waals surface area contributed by atoms with Crippen LogP contribution in [0.4, 0.5) is 0 Å². The van der Waals surface area contributed by atoms with Crippen molar-refractivity contribution in [3.8, 4) is 0 Å². The quantitative estimate of drug-likeness (QED) is 0.907. The Bertz CT molecular complexity index is 515. The van der Waals surface area contributed by atoms with E-state index in [1.165, 1.54) is 5.56 Å². The van der Waals surface area contributed by atoms with Gasteiger partial charge in [-0.1, -0.05) is 38.1 Å². The van der Waals surface area contributed by atoms with Crippen molar-refractivity contribution in [3.63, 3.8) is 0 Å². The standard InChI is InChI=1S/C18H27NO3/c1-14(2)10-17(21)19-8-9-22-18(12-19,13-20)11-16-7-5-4-6-15(16)3/h4-7,14,20H,8-13H2,1-3H3. The summed E-state index contributed by atoms with van der Waals surface area (Å²) in [5.41, 5.74) is 1.66. The number of benzene rings is 1. The van der Waals surface area contributed by atoms with E-state index >= 15 is 0 Å². The Hall–Kier alpha value is -1.39. The maximum Gasteiger partial charge on any atom is 0.223 e. The molecule has 1 amide bonds. The maximum absolute atomic E-state index is 12.3. The molecule has 1 heterocycles. The monoisotopic (exact) mass is 305 g/mol. The Labute approximate surface area is 133 Å². The van der Waals surface area contributed by atoms with Gasteiger partial charge in [-0.05, 0) is 24.0 Å². The van der Waals surface area contributed by atoms with Gasteiger partial charge in [-0.2, -0.15) is 0 Å². The SMILES string of the molecule is Cc1ccccc1CC1(CO)CN(C(=O)CC(C)C)CCO1. The van der Waals surface area contributed by atoms with E-state index < -0.39 is 5.60 Å². The predicted molar refractivity (Wildman–Crippen MR) is 86.7 cm³/mol. The van der Waals surface area contributed by atoms with Crippen LogP contribution in [0.1, 0.15) is 31.4 Å². The van der Waals surface area contributed by atoms with Crippen LogP contribution in [0.3, 0.4) is 0 Å². The molecule has 1 aliphatic heterocycles. The van der Waals surface area contributed by atoms with Crippen LogP contribution in [0.25, 0.3) is 0 Å². The summed E-state index contributed by atoms with van der Waals surface area (Å²) in [6.07, 6.45) is 1.17. The third-order valence-corrected chi connectivity index (χ3v) is 4.25. The number of hydrogen-bond donors (Lipinski definition) is 1. The van der Waals surface area contributed by atoms with E-state index in [1.807, 2.05) is 30.9 Å². The van der Waals surface area contributed by atoms with Crippen LogP contribution in [0.2, 0.25) is 0 Å². The molecule has 0 saturated carbocycles. The second kappa shape index (κ2) is 7.25. The molecule has 122 valence electrons. The fourth-order valence-corrected chi connectivity index (χ4v) is 2.95. The number of aliphatic hydroxyl groups excluding tert-OH is 1. The predicted octanol–water partition coefficient (Wildman–Crippen LogP) is 2.17. The number of morpholine rings is 1. The summed E-state index contributed by atoms with van der Waals surface area (Å²) in [5.74, 6) is 0.496. The number of rotatable bonds is 5. The lowest BCUT2D eigenvalue weighted by molar-refractivity contribution is -0.158. The molecule has 1 saturated heterocycles. The summed E-state index contributed by atoms with van der Waals surface area (Å²) in [4.78, 5) is 14.2. The highest BCUT2D eigenvalue weighted by Gasteiger charge is 2.38. The topological polar surface area (TPSA) is 49.8 Å². The number of ether oxygens (including phenoxy) is 1. The van der Waals surface area contributed by atoms with Crippen molar-refractivity contribution in [2.75, 3.05) is 26.3 Å². The fourth-order valence-electron chi connectivity index (χ4n) is 2.95. The lowest BCUT2D eigenvalue weighted by atomic mass is 9.90. The van der Waals surface area contributed by atoms with E-state index in [9.17, 15) is 9.90 Å². The zero-order chi connectivity index (χ0) is 16.2. The molecule has 1 aromatic rings. The van der Waals surface area contributed by atoms with Gasteiger partial charge in [0.1, 0.15) is 5.60 Å². The highest BCUT2D eigenvalue weighted by atomic mass is 16.5. The van der Waals surface area contributed by atoms with Gasteiger partial charge >= 0.3 is 0 Å². The largest absolute Gasteiger partial charge is 0.393 e. The summed E-state index contributed by atoms with van der Waals surface area (Å²) in [5, 5.41) is 9.91. The number of aryl methyl sites for hydroxylation is 1. The second-order valence-corrected chi connectivity index (χ2v) is 6.71. The van der Waals surface area contributed by atoms with Gasteiger partial charge in [0.15, 0.2) is 0 Å². The van der Waals surface area contributed by atoms with Gasteiger partial charge in [0, 0.05) is 19.4 Å². The van der Waals surface area contributed by atoms with E-state index in [1.54, 1.807) is 0 Å². The average molecular weight is 305 g/mol. The molecule has 1 fully saturated rings. The first kappa shape index (κ1) is 17.0. The van der Waals surface area contributed by atoms with Crippen LogP contribution >= 0.6 is 0 Å². The van der Waals surface area contributed by atoms with Crippen molar-refractivity contribution in [2.24, 2.45) is 5.92 Å². The van der Waals surface area contributed by atoms with E-state index in [0.29, 0.717) is 38.5 Å². The first-order valence-electron chi connectivity index (χ1n) is 8.03. The molecule has 0 bridgehead atoms. The van der Waals surface area contributed by atoms with E-state index in [2.05, 4.69) is 19.1 Å². The normalized spacial score (nSPS) is 22.1. The zero-order valence-corrected chi connectivity index (χ0v) is 13.8. The molecule has 4 heteroatoms. The number of nitrogens with zero attached hydrogens (tertiary/aromatic N) is 1. The Morgan fingerprint density at radius 1 is 1.41 bits per heavy atom. The van der Waals surface area contributed by atoms with Crippen LogP contribution in [0, 0.1) is 12.8 Å². The van der Waals surface area contributed by atoms with Gasteiger partial charge in [-0.15, -0.1) is 0 Å². The minimum atomic E-state index is -0.684. The van der Waals surface area contributed by atoms with Gasteiger partial charge < -0.3 is 14.7 Å². The molecule has 1 unspecified atom stereocenters. The molecule has 0 radical (unpaired) electrons. The number of aliphatic hydroxyl groups is 1. The summed E-state index contributed by atoms with van der Waals surface area (Å²) in [6.45, 7) is 7.63. The molecule has 0 aliphatic carbocycles. The molecule has 0 spiro atoms. The van der Waals surface area contributed by atoms with Crippen molar-refractivity contribution < 1.29 is 14.6 Å². The summed E-state index contributed by atoms with van der Waals surface area (Å²) in [7, 11) is 0. The zero-order valence-electron chi connectivity index (χ0n) is 13.8. The molecule has 1 aliphatic rings. The van der Waals surface area contributed by atoms with Crippen molar-refractivity contribution in [1.29, 1.82) is 0 Å². The molecule has 0 aromatic heterocycles. The van der Waals surface area contributed by atoms with Crippen molar-refractivity contribution >= 4 is 5.91 Å². The summed E-state index contributed by atoms with van der Waals surface area (Å²) in [6, 6.07) is 8.12. The minimum absolute atomic E-state index is 0.0766. The van der Waals surface area contributed by atoms with Crippen LogP contribution in [0.5, 0.6) is 0 Å². The lowest BCUT2D eigenvalue weighted by Gasteiger charge is -2.42. The second-order valence-electron chi connectivity index (χ2n) is 6.71. The van der Waals surface area contributed by atoms with E-state index in [4.69, 9.17) is 4.74 Å². The van der Waals surface area contributed by atoms with Crippen LogP contribution in [-0.2, 0) is 16.0 Å². The smallest absolute Gasteiger partial charge is 0.223 e. The molecular weight excluding hydrogens is 278 g/mol. The first-order chi connectivity index (χ1) is 10.5. The Morgan fingerprint density at radius 2 is 2.14 bits per heavy atom. The van der Waals surface area contributed by atoms with Crippen molar-refractivity contribution in [2.45, 2.75) is 39.2 Å². The van der Waals surface area contributed by atoms with E-state index in [-0.39, 0.29) is 12.5 Å². The maximum atomic E-state index is 12.3. The van der Waals surface area contributed by atoms with E-state index in [0.717, 1.165) is 5.56 Å². The van der Waals surface area contributed by atoms with Gasteiger partial charge in [0.05, 0.1) is 19.8 Å². The number of amides is 1. The third-order valence-electron chi connectivity index (χ3n) is 4.25. The fraction of sp³-hybridized carbons (Fsp3) is 0.611. The minimum Gasteiger partial charge on any atom is -0.393 e. The molecule has 22 heavy (non-hydrogen) atoms. The average Bonchev–Trinajstić information content (AvgIpc) is 2.49. The van der Waals surface area contributed by atoms with Gasteiger partial charge in [0.25, 0.3) is 0 Å². The Kier molecular flexibility index (Phi) is 5.59.